The van der Waals surface area contributed by atoms with E-state index in [9.17, 15) is 0 Å². The third-order valence-corrected chi connectivity index (χ3v) is 4.92. The highest BCUT2D eigenvalue weighted by Gasteiger charge is 2.30. The van der Waals surface area contributed by atoms with Gasteiger partial charge in [0.15, 0.2) is 0 Å². The fraction of sp³-hybridized carbons (Fsp3) is 0.812. The third kappa shape index (κ3) is 3.30. The van der Waals surface area contributed by atoms with E-state index in [1.807, 2.05) is 6.20 Å². The molecule has 0 unspecified atom stereocenters. The van der Waals surface area contributed by atoms with Gasteiger partial charge in [0.25, 0.3) is 0 Å². The average Bonchev–Trinajstić information content (AvgIpc) is 3.01. The smallest absolute Gasteiger partial charge is 0.122 e. The predicted octanol–water partition coefficient (Wildman–Crippen LogP) is 1.53. The predicted molar refractivity (Wildman–Crippen MR) is 78.9 cm³/mol. The number of fused-ring (bicyclic) bond motifs is 1. The van der Waals surface area contributed by atoms with E-state index in [1.165, 1.54) is 18.7 Å². The minimum absolute atomic E-state index is 0.555. The van der Waals surface area contributed by atoms with Gasteiger partial charge in [-0.25, -0.2) is 4.98 Å². The molecular weight excluding hydrogens is 266 g/mol. The van der Waals surface area contributed by atoms with Gasteiger partial charge in [-0.15, -0.1) is 0 Å². The largest absolute Gasteiger partial charge is 0.381 e. The Hall–Kier alpha value is -0.910. The minimum atomic E-state index is 0.555. The molecule has 0 amide bonds. The van der Waals surface area contributed by atoms with Gasteiger partial charge in [0.2, 0.25) is 0 Å². The van der Waals surface area contributed by atoms with Crippen molar-refractivity contribution >= 4 is 0 Å². The summed E-state index contributed by atoms with van der Waals surface area (Å²) in [6.07, 6.45) is 7.91. The van der Waals surface area contributed by atoms with Crippen LogP contribution in [0.25, 0.3) is 0 Å². The lowest BCUT2D eigenvalue weighted by atomic mass is 10.1. The van der Waals surface area contributed by atoms with E-state index in [0.29, 0.717) is 12.0 Å². The van der Waals surface area contributed by atoms with Crippen molar-refractivity contribution in [1.29, 1.82) is 0 Å². The van der Waals surface area contributed by atoms with Gasteiger partial charge in [0, 0.05) is 50.7 Å². The highest BCUT2D eigenvalue weighted by molar-refractivity contribution is 4.97. The lowest BCUT2D eigenvalue weighted by Gasteiger charge is -2.28. The molecule has 4 rings (SSSR count). The normalized spacial score (nSPS) is 30.3. The van der Waals surface area contributed by atoms with E-state index in [4.69, 9.17) is 9.47 Å². The molecule has 0 N–H and O–H groups in total. The number of nitrogens with zero attached hydrogens (tertiary/aromatic N) is 3. The summed E-state index contributed by atoms with van der Waals surface area (Å²) < 4.78 is 13.8. The molecule has 1 aromatic heterocycles. The molecule has 0 aromatic carbocycles. The number of hydrogen-bond donors (Lipinski definition) is 0. The third-order valence-electron chi connectivity index (χ3n) is 4.92. The number of ether oxygens (including phenoxy) is 2. The number of aromatic nitrogens is 2. The van der Waals surface area contributed by atoms with Crippen LogP contribution in [0.5, 0.6) is 0 Å². The first kappa shape index (κ1) is 13.7. The van der Waals surface area contributed by atoms with E-state index in [0.717, 1.165) is 58.4 Å². The number of hydrogen-bond acceptors (Lipinski definition) is 4. The molecule has 1 saturated heterocycles. The van der Waals surface area contributed by atoms with Crippen LogP contribution in [-0.4, -0.2) is 53.5 Å². The van der Waals surface area contributed by atoms with Crippen molar-refractivity contribution in [3.8, 4) is 0 Å². The van der Waals surface area contributed by atoms with Crippen LogP contribution in [0.3, 0.4) is 0 Å². The lowest BCUT2D eigenvalue weighted by molar-refractivity contribution is 0.0599. The second kappa shape index (κ2) is 6.07. The molecule has 2 fully saturated rings. The zero-order valence-electron chi connectivity index (χ0n) is 12.6. The molecule has 0 radical (unpaired) electrons. The SMILES string of the molecule is c1cn2c(n1)CN([C@H]1CCOC1)C[C@@H](COCC1CC1)C2. The molecule has 2 aliphatic heterocycles. The fourth-order valence-electron chi connectivity index (χ4n) is 3.45. The fourth-order valence-corrected chi connectivity index (χ4v) is 3.45. The van der Waals surface area contributed by atoms with E-state index < -0.39 is 0 Å². The van der Waals surface area contributed by atoms with Gasteiger partial charge in [-0.1, -0.05) is 0 Å². The minimum Gasteiger partial charge on any atom is -0.381 e. The number of imidazole rings is 1. The van der Waals surface area contributed by atoms with Crippen LogP contribution in [-0.2, 0) is 22.6 Å². The molecule has 5 heteroatoms. The molecule has 1 aromatic rings. The molecule has 21 heavy (non-hydrogen) atoms. The van der Waals surface area contributed by atoms with Crippen LogP contribution in [0.4, 0.5) is 0 Å². The Kier molecular flexibility index (Phi) is 3.97. The van der Waals surface area contributed by atoms with Crippen molar-refractivity contribution < 1.29 is 9.47 Å². The second-order valence-corrected chi connectivity index (χ2v) is 6.79. The molecule has 5 nitrogen and oxygen atoms in total. The monoisotopic (exact) mass is 291 g/mol. The molecule has 2 atom stereocenters. The Morgan fingerprint density at radius 1 is 1.19 bits per heavy atom. The first-order valence-electron chi connectivity index (χ1n) is 8.28. The summed E-state index contributed by atoms with van der Waals surface area (Å²) in [5.41, 5.74) is 0. The Morgan fingerprint density at radius 2 is 2.10 bits per heavy atom. The van der Waals surface area contributed by atoms with Crippen LogP contribution in [0.2, 0.25) is 0 Å². The highest BCUT2D eigenvalue weighted by Crippen LogP contribution is 2.29. The zero-order chi connectivity index (χ0) is 14.1. The molecular formula is C16H25N3O2. The number of rotatable bonds is 5. The summed E-state index contributed by atoms with van der Waals surface area (Å²) in [5.74, 6) is 2.59. The average molecular weight is 291 g/mol. The summed E-state index contributed by atoms with van der Waals surface area (Å²) >= 11 is 0. The molecule has 1 aliphatic carbocycles. The van der Waals surface area contributed by atoms with Crippen LogP contribution in [0, 0.1) is 11.8 Å². The van der Waals surface area contributed by atoms with Gasteiger partial charge in [0.05, 0.1) is 19.8 Å². The molecule has 1 saturated carbocycles. The molecule has 116 valence electrons. The first-order valence-corrected chi connectivity index (χ1v) is 8.28. The Bertz CT molecular complexity index is 466. The van der Waals surface area contributed by atoms with Crippen molar-refractivity contribution in [2.75, 3.05) is 33.0 Å². The topological polar surface area (TPSA) is 39.5 Å². The maximum absolute atomic E-state index is 5.96. The van der Waals surface area contributed by atoms with Crippen LogP contribution >= 0.6 is 0 Å². The Morgan fingerprint density at radius 3 is 2.90 bits per heavy atom. The van der Waals surface area contributed by atoms with Crippen molar-refractivity contribution in [1.82, 2.24) is 14.5 Å². The zero-order valence-corrected chi connectivity index (χ0v) is 12.6. The standard InChI is InChI=1S/C16H25N3O2/c1-2-13(1)10-21-11-14-7-18-5-4-17-16(18)9-19(8-14)15-3-6-20-12-15/h4-5,13-15H,1-3,6-12H2/t14-,15-/m0/s1. The molecule has 0 spiro atoms. The van der Waals surface area contributed by atoms with Crippen molar-refractivity contribution in [3.05, 3.63) is 18.2 Å². The van der Waals surface area contributed by atoms with Gasteiger partial charge < -0.3 is 14.0 Å². The van der Waals surface area contributed by atoms with E-state index in [-0.39, 0.29) is 0 Å². The molecule has 0 bridgehead atoms. The highest BCUT2D eigenvalue weighted by atomic mass is 16.5. The van der Waals surface area contributed by atoms with Crippen molar-refractivity contribution in [2.24, 2.45) is 11.8 Å². The second-order valence-electron chi connectivity index (χ2n) is 6.79. The van der Waals surface area contributed by atoms with Gasteiger partial charge in [-0.3, -0.25) is 4.90 Å². The summed E-state index contributed by atoms with van der Waals surface area (Å²) in [7, 11) is 0. The first-order chi connectivity index (χ1) is 10.4. The maximum atomic E-state index is 5.96. The summed E-state index contributed by atoms with van der Waals surface area (Å²) in [6.45, 7) is 6.68. The van der Waals surface area contributed by atoms with E-state index >= 15 is 0 Å². The van der Waals surface area contributed by atoms with Crippen LogP contribution < -0.4 is 0 Å². The summed E-state index contributed by atoms with van der Waals surface area (Å²) in [5, 5.41) is 0. The van der Waals surface area contributed by atoms with Gasteiger partial charge in [0.1, 0.15) is 5.82 Å². The quantitative estimate of drug-likeness (QED) is 0.825. The van der Waals surface area contributed by atoms with Gasteiger partial charge in [-0.2, -0.15) is 0 Å². The lowest BCUT2D eigenvalue weighted by Crippen LogP contribution is -2.39. The molecule has 3 heterocycles. The summed E-state index contributed by atoms with van der Waals surface area (Å²) in [6, 6.07) is 0.555. The van der Waals surface area contributed by atoms with Crippen molar-refractivity contribution in [2.45, 2.75) is 38.4 Å². The summed E-state index contributed by atoms with van der Waals surface area (Å²) in [4.78, 5) is 7.09. The molecule has 3 aliphatic rings. The van der Waals surface area contributed by atoms with Crippen molar-refractivity contribution in [3.63, 3.8) is 0 Å². The Labute approximate surface area is 126 Å². The van der Waals surface area contributed by atoms with Crippen LogP contribution in [0.1, 0.15) is 25.1 Å². The Balaban J connectivity index is 1.42. The maximum Gasteiger partial charge on any atom is 0.122 e. The van der Waals surface area contributed by atoms with E-state index in [2.05, 4.69) is 20.6 Å². The van der Waals surface area contributed by atoms with Gasteiger partial charge in [-0.05, 0) is 25.2 Å². The van der Waals surface area contributed by atoms with E-state index in [1.54, 1.807) is 0 Å². The van der Waals surface area contributed by atoms with Gasteiger partial charge >= 0.3 is 0 Å². The van der Waals surface area contributed by atoms with Crippen LogP contribution in [0.15, 0.2) is 12.4 Å².